The maximum Gasteiger partial charge on any atom is 0.256 e. The van der Waals surface area contributed by atoms with Crippen LogP contribution in [0.1, 0.15) is 27.2 Å². The molecule has 2 heterocycles. The zero-order chi connectivity index (χ0) is 19.7. The molecule has 6 nitrogen and oxygen atoms in total. The fourth-order valence-electron chi connectivity index (χ4n) is 3.00. The minimum atomic E-state index is -0.314. The van der Waals surface area contributed by atoms with Crippen molar-refractivity contribution in [2.45, 2.75) is 20.0 Å². The van der Waals surface area contributed by atoms with Crippen LogP contribution >= 0.6 is 11.6 Å². The number of halogens is 2. The molecule has 4 rings (SSSR count). The highest BCUT2D eigenvalue weighted by molar-refractivity contribution is 6.33. The van der Waals surface area contributed by atoms with E-state index in [0.717, 1.165) is 11.1 Å². The molecule has 0 spiro atoms. The van der Waals surface area contributed by atoms with Gasteiger partial charge in [0.15, 0.2) is 11.5 Å². The van der Waals surface area contributed by atoms with Crippen molar-refractivity contribution in [3.8, 4) is 11.5 Å². The molecule has 1 N–H and O–H groups in total. The van der Waals surface area contributed by atoms with E-state index in [4.69, 9.17) is 21.1 Å². The lowest BCUT2D eigenvalue weighted by Gasteiger charge is -2.07. The van der Waals surface area contributed by atoms with E-state index in [9.17, 15) is 9.18 Å². The standard InChI is InChI=1S/C20H17ClFN3O3/c1-12-18(19(21)25(24-12)10-13-2-5-15(22)6-3-13)20(26)23-9-14-4-7-16-17(8-14)28-11-27-16/h2-8H,9-11H2,1H3,(H,23,26). The Morgan fingerprint density at radius 3 is 2.68 bits per heavy atom. The van der Waals surface area contributed by atoms with Crippen LogP contribution in [-0.4, -0.2) is 22.5 Å². The Balaban J connectivity index is 1.46. The van der Waals surface area contributed by atoms with Gasteiger partial charge in [0, 0.05) is 6.54 Å². The maximum absolute atomic E-state index is 13.1. The lowest BCUT2D eigenvalue weighted by Crippen LogP contribution is -2.23. The van der Waals surface area contributed by atoms with E-state index in [-0.39, 0.29) is 23.7 Å². The minimum absolute atomic E-state index is 0.202. The van der Waals surface area contributed by atoms with E-state index < -0.39 is 0 Å². The summed E-state index contributed by atoms with van der Waals surface area (Å²) in [6.07, 6.45) is 0. The zero-order valence-corrected chi connectivity index (χ0v) is 15.8. The number of fused-ring (bicyclic) bond motifs is 1. The highest BCUT2D eigenvalue weighted by Gasteiger charge is 2.21. The molecule has 0 bridgehead atoms. The second kappa shape index (κ2) is 7.52. The summed E-state index contributed by atoms with van der Waals surface area (Å²) in [5.74, 6) is 0.727. The van der Waals surface area contributed by atoms with Gasteiger partial charge in [-0.05, 0) is 42.3 Å². The molecule has 0 saturated carbocycles. The summed E-state index contributed by atoms with van der Waals surface area (Å²) < 4.78 is 25.2. The number of rotatable bonds is 5. The fraction of sp³-hybridized carbons (Fsp3) is 0.200. The number of aryl methyl sites for hydroxylation is 1. The van der Waals surface area contributed by atoms with Gasteiger partial charge in [0.05, 0.1) is 17.8 Å². The Bertz CT molecular complexity index is 1030. The zero-order valence-electron chi connectivity index (χ0n) is 15.0. The van der Waals surface area contributed by atoms with Crippen LogP contribution in [0.15, 0.2) is 42.5 Å². The number of benzene rings is 2. The first-order chi connectivity index (χ1) is 13.5. The number of nitrogens with zero attached hydrogens (tertiary/aromatic N) is 2. The smallest absolute Gasteiger partial charge is 0.256 e. The first-order valence-electron chi connectivity index (χ1n) is 8.65. The van der Waals surface area contributed by atoms with Crippen molar-refractivity contribution >= 4 is 17.5 Å². The van der Waals surface area contributed by atoms with Gasteiger partial charge in [-0.2, -0.15) is 5.10 Å². The second-order valence-corrected chi connectivity index (χ2v) is 6.76. The predicted octanol–water partition coefficient (Wildman–Crippen LogP) is 3.69. The topological polar surface area (TPSA) is 65.4 Å². The fourth-order valence-corrected chi connectivity index (χ4v) is 3.32. The molecule has 1 aromatic heterocycles. The molecule has 3 aromatic rings. The first-order valence-corrected chi connectivity index (χ1v) is 9.03. The van der Waals surface area contributed by atoms with E-state index in [1.165, 1.54) is 16.8 Å². The van der Waals surface area contributed by atoms with Crippen LogP contribution in [0.3, 0.4) is 0 Å². The van der Waals surface area contributed by atoms with Gasteiger partial charge >= 0.3 is 0 Å². The van der Waals surface area contributed by atoms with Crippen LogP contribution in [0.25, 0.3) is 0 Å². The molecule has 0 atom stereocenters. The average molecular weight is 402 g/mol. The van der Waals surface area contributed by atoms with E-state index in [1.54, 1.807) is 19.1 Å². The number of carbonyl (C=O) groups is 1. The van der Waals surface area contributed by atoms with Gasteiger partial charge in [-0.3, -0.25) is 4.79 Å². The largest absolute Gasteiger partial charge is 0.454 e. The van der Waals surface area contributed by atoms with Crippen LogP contribution in [0.2, 0.25) is 5.15 Å². The molecule has 8 heteroatoms. The Labute approximate surface area is 165 Å². The maximum atomic E-state index is 13.1. The lowest BCUT2D eigenvalue weighted by atomic mass is 10.2. The number of hydrogen-bond donors (Lipinski definition) is 1. The number of ether oxygens (including phenoxy) is 2. The van der Waals surface area contributed by atoms with E-state index >= 15 is 0 Å². The minimum Gasteiger partial charge on any atom is -0.454 e. The van der Waals surface area contributed by atoms with Crippen molar-refractivity contribution in [2.24, 2.45) is 0 Å². The highest BCUT2D eigenvalue weighted by Crippen LogP contribution is 2.32. The molecule has 0 saturated heterocycles. The van der Waals surface area contributed by atoms with Gasteiger partial charge in [0.2, 0.25) is 6.79 Å². The number of aromatic nitrogens is 2. The second-order valence-electron chi connectivity index (χ2n) is 6.41. The average Bonchev–Trinajstić information content (AvgIpc) is 3.25. The SMILES string of the molecule is Cc1nn(Cc2ccc(F)cc2)c(Cl)c1C(=O)NCc1ccc2c(c1)OCO2. The van der Waals surface area contributed by atoms with Gasteiger partial charge in [0.25, 0.3) is 5.91 Å². The highest BCUT2D eigenvalue weighted by atomic mass is 35.5. The van der Waals surface area contributed by atoms with Crippen LogP contribution in [0.4, 0.5) is 4.39 Å². The number of hydrogen-bond acceptors (Lipinski definition) is 4. The van der Waals surface area contributed by atoms with Crippen molar-refractivity contribution < 1.29 is 18.7 Å². The monoisotopic (exact) mass is 401 g/mol. The molecular formula is C20H17ClFN3O3. The van der Waals surface area contributed by atoms with Crippen molar-refractivity contribution in [2.75, 3.05) is 6.79 Å². The third kappa shape index (κ3) is 3.66. The Hall–Kier alpha value is -3.06. The van der Waals surface area contributed by atoms with E-state index in [2.05, 4.69) is 10.4 Å². The summed E-state index contributed by atoms with van der Waals surface area (Å²) in [5, 5.41) is 7.44. The van der Waals surface area contributed by atoms with E-state index in [1.807, 2.05) is 18.2 Å². The molecule has 2 aromatic carbocycles. The van der Waals surface area contributed by atoms with E-state index in [0.29, 0.717) is 35.8 Å². The Morgan fingerprint density at radius 2 is 1.89 bits per heavy atom. The van der Waals surface area contributed by atoms with Crippen molar-refractivity contribution in [1.29, 1.82) is 0 Å². The summed E-state index contributed by atoms with van der Waals surface area (Å²) in [6.45, 7) is 2.58. The van der Waals surface area contributed by atoms with Gasteiger partial charge in [0.1, 0.15) is 11.0 Å². The first kappa shape index (κ1) is 18.3. The predicted molar refractivity (Wildman–Crippen MR) is 101 cm³/mol. The quantitative estimate of drug-likeness (QED) is 0.708. The number of nitrogens with one attached hydrogen (secondary N) is 1. The van der Waals surface area contributed by atoms with Gasteiger partial charge in [-0.15, -0.1) is 0 Å². The molecular weight excluding hydrogens is 385 g/mol. The van der Waals surface area contributed by atoms with Crippen molar-refractivity contribution in [3.63, 3.8) is 0 Å². The molecule has 0 fully saturated rings. The van der Waals surface area contributed by atoms with Crippen molar-refractivity contribution in [1.82, 2.24) is 15.1 Å². The summed E-state index contributed by atoms with van der Waals surface area (Å²) >= 11 is 6.39. The normalized spacial score (nSPS) is 12.2. The summed E-state index contributed by atoms with van der Waals surface area (Å²) in [7, 11) is 0. The molecule has 0 aliphatic carbocycles. The third-order valence-corrected chi connectivity index (χ3v) is 4.81. The molecule has 0 radical (unpaired) electrons. The summed E-state index contributed by atoms with van der Waals surface area (Å²) in [4.78, 5) is 12.6. The molecule has 28 heavy (non-hydrogen) atoms. The summed E-state index contributed by atoms with van der Waals surface area (Å²) in [5.41, 5.74) is 2.56. The van der Waals surface area contributed by atoms with Crippen LogP contribution in [-0.2, 0) is 13.1 Å². The molecule has 0 unspecified atom stereocenters. The molecule has 1 amide bonds. The van der Waals surface area contributed by atoms with Gasteiger partial charge in [-0.25, -0.2) is 9.07 Å². The van der Waals surface area contributed by atoms with Gasteiger partial charge in [-0.1, -0.05) is 29.8 Å². The Kier molecular flexibility index (Phi) is 4.92. The van der Waals surface area contributed by atoms with Crippen LogP contribution < -0.4 is 14.8 Å². The molecule has 1 aliphatic heterocycles. The van der Waals surface area contributed by atoms with Crippen LogP contribution in [0, 0.1) is 12.7 Å². The molecule has 1 aliphatic rings. The summed E-state index contributed by atoms with van der Waals surface area (Å²) in [6, 6.07) is 11.6. The third-order valence-electron chi connectivity index (χ3n) is 4.43. The number of amides is 1. The van der Waals surface area contributed by atoms with Crippen LogP contribution in [0.5, 0.6) is 11.5 Å². The van der Waals surface area contributed by atoms with Crippen molar-refractivity contribution in [3.05, 3.63) is 75.8 Å². The Morgan fingerprint density at radius 1 is 1.18 bits per heavy atom. The number of carbonyl (C=O) groups excluding carboxylic acids is 1. The molecule has 144 valence electrons. The van der Waals surface area contributed by atoms with Gasteiger partial charge < -0.3 is 14.8 Å². The lowest BCUT2D eigenvalue weighted by molar-refractivity contribution is 0.0950.